The number of fused-ring (bicyclic) bond motifs is 1. The van der Waals surface area contributed by atoms with Crippen molar-refractivity contribution in [2.75, 3.05) is 17.2 Å². The third-order valence-corrected chi connectivity index (χ3v) is 6.47. The summed E-state index contributed by atoms with van der Waals surface area (Å²) in [6, 6.07) is 9.73. The van der Waals surface area contributed by atoms with Gasteiger partial charge >= 0.3 is 6.09 Å². The average Bonchev–Trinajstić information content (AvgIpc) is 3.52. The van der Waals surface area contributed by atoms with Gasteiger partial charge in [0.2, 0.25) is 11.7 Å². The highest BCUT2D eigenvalue weighted by molar-refractivity contribution is 7.97. The smallest absolute Gasteiger partial charge is 0.411 e. The monoisotopic (exact) mass is 452 g/mol. The van der Waals surface area contributed by atoms with Crippen LogP contribution in [0.4, 0.5) is 16.3 Å². The molecule has 1 aromatic carbocycles. The zero-order chi connectivity index (χ0) is 21.9. The molecule has 9 nitrogen and oxygen atoms in total. The van der Waals surface area contributed by atoms with Crippen LogP contribution in [-0.4, -0.2) is 39.1 Å². The van der Waals surface area contributed by atoms with Crippen molar-refractivity contribution in [1.29, 1.82) is 0 Å². The van der Waals surface area contributed by atoms with Crippen molar-refractivity contribution < 1.29 is 14.4 Å². The summed E-state index contributed by atoms with van der Waals surface area (Å²) in [7, 11) is 0. The van der Waals surface area contributed by atoms with Gasteiger partial charge in [-0.3, -0.25) is 20.0 Å². The van der Waals surface area contributed by atoms with Gasteiger partial charge in [0.05, 0.1) is 12.4 Å². The summed E-state index contributed by atoms with van der Waals surface area (Å²) in [5.41, 5.74) is 1.72. The summed E-state index contributed by atoms with van der Waals surface area (Å²) < 4.78 is 7.60. The predicted octanol–water partition coefficient (Wildman–Crippen LogP) is 3.21. The van der Waals surface area contributed by atoms with Gasteiger partial charge in [0.25, 0.3) is 0 Å². The van der Waals surface area contributed by atoms with E-state index in [-0.39, 0.29) is 12.2 Å². The molecule has 2 aromatic rings. The number of amides is 1. The van der Waals surface area contributed by atoms with Crippen LogP contribution < -0.4 is 15.5 Å². The Morgan fingerprint density at radius 3 is 2.84 bits per heavy atom. The first-order valence-electron chi connectivity index (χ1n) is 10.8. The molecule has 3 heterocycles. The minimum absolute atomic E-state index is 0.0543. The minimum Gasteiger partial charge on any atom is -0.446 e. The van der Waals surface area contributed by atoms with Gasteiger partial charge in [-0.2, -0.15) is 5.10 Å². The number of ether oxygens (including phenoxy) is 1. The highest BCUT2D eigenvalue weighted by Gasteiger charge is 2.32. The summed E-state index contributed by atoms with van der Waals surface area (Å²) in [5, 5.41) is 13.4. The molecule has 2 aliphatic heterocycles. The Hall–Kier alpha value is -3.24. The molecule has 1 fully saturated rings. The number of aromatic amines is 1. The second-order valence-electron chi connectivity index (χ2n) is 8.04. The number of H-pyrrole nitrogens is 1. The van der Waals surface area contributed by atoms with Gasteiger partial charge in [0.1, 0.15) is 18.8 Å². The Balaban J connectivity index is 1.22. The number of carbonyl (C=O) groups is 1. The molecule has 0 spiro atoms. The van der Waals surface area contributed by atoms with E-state index in [0.29, 0.717) is 6.54 Å². The van der Waals surface area contributed by atoms with Gasteiger partial charge < -0.3 is 4.74 Å². The number of hydrogen-bond donors (Lipinski definition) is 4. The summed E-state index contributed by atoms with van der Waals surface area (Å²) in [5.74, 6) is 2.74. The summed E-state index contributed by atoms with van der Waals surface area (Å²) in [6.45, 7) is 2.67. The van der Waals surface area contributed by atoms with Crippen molar-refractivity contribution in [3.8, 4) is 0 Å². The van der Waals surface area contributed by atoms with Crippen LogP contribution in [0, 0.1) is 6.92 Å². The zero-order valence-electron chi connectivity index (χ0n) is 17.8. The molecular formula is C22H26N7O2S+. The van der Waals surface area contributed by atoms with E-state index >= 15 is 0 Å². The summed E-state index contributed by atoms with van der Waals surface area (Å²) >= 11 is 1.61. The number of carbonyl (C=O) groups excluding carboxylic acids is 1. The molecule has 10 heteroatoms. The second kappa shape index (κ2) is 9.09. The van der Waals surface area contributed by atoms with Gasteiger partial charge in [-0.15, -0.1) is 0 Å². The fourth-order valence-corrected chi connectivity index (χ4v) is 4.84. The standard InChI is InChI=1S/C22H25N7O2S/c1-15-12-19(27-26-15)25-21-14-28(13-20-23-10-11-29(20)21)32-18-8-6-16(7-9-18)24-22(30)31-17-4-2-3-5-17/h6-12,14,17H,2-5,13H2,1H3,(H,24,30)(H2,25,26,27)/p+1. The molecular weight excluding hydrogens is 426 g/mol. The van der Waals surface area contributed by atoms with Crippen LogP contribution in [0.2, 0.25) is 0 Å². The van der Waals surface area contributed by atoms with E-state index < -0.39 is 0 Å². The lowest BCUT2D eigenvalue weighted by atomic mass is 10.3. The van der Waals surface area contributed by atoms with Crippen molar-refractivity contribution in [2.45, 2.75) is 43.6 Å². The molecule has 1 aliphatic carbocycles. The number of nitrogens with one attached hydrogen (secondary N) is 4. The summed E-state index contributed by atoms with van der Waals surface area (Å²) in [4.78, 5) is 18.7. The molecule has 1 amide bonds. The van der Waals surface area contributed by atoms with Crippen molar-refractivity contribution in [1.82, 2.24) is 14.5 Å². The average molecular weight is 453 g/mol. The first kappa shape index (κ1) is 20.7. The predicted molar refractivity (Wildman–Crippen MR) is 124 cm³/mol. The SMILES string of the molecule is Cc1cc(NC2=CN(Sc3ccc(NC(=O)OC4CCCC4)cc3)CC3=NC=C[NH+]23)n[nH]1. The van der Waals surface area contributed by atoms with Gasteiger partial charge in [0, 0.05) is 22.3 Å². The number of amidine groups is 1. The fourth-order valence-electron chi connectivity index (χ4n) is 3.96. The number of aliphatic imine (C=N–C) groups is 1. The lowest BCUT2D eigenvalue weighted by Crippen LogP contribution is -3.10. The Kier molecular flexibility index (Phi) is 5.87. The van der Waals surface area contributed by atoms with Crippen LogP contribution in [-0.2, 0) is 4.74 Å². The quantitative estimate of drug-likeness (QED) is 0.503. The number of rotatable bonds is 6. The minimum atomic E-state index is -0.379. The molecule has 1 unspecified atom stereocenters. The van der Waals surface area contributed by atoms with Crippen molar-refractivity contribution in [3.05, 3.63) is 60.4 Å². The van der Waals surface area contributed by atoms with Crippen molar-refractivity contribution in [3.63, 3.8) is 0 Å². The molecule has 0 saturated heterocycles. The van der Waals surface area contributed by atoms with E-state index in [1.807, 2.05) is 49.7 Å². The van der Waals surface area contributed by atoms with Gasteiger partial charge in [0.15, 0.2) is 5.82 Å². The molecule has 1 aromatic heterocycles. The third-order valence-electron chi connectivity index (χ3n) is 5.52. The van der Waals surface area contributed by atoms with Gasteiger partial charge in [-0.25, -0.2) is 14.7 Å². The topological polar surface area (TPSA) is 99.1 Å². The van der Waals surface area contributed by atoms with Crippen LogP contribution in [0.1, 0.15) is 31.4 Å². The molecule has 1 atom stereocenters. The maximum atomic E-state index is 12.1. The van der Waals surface area contributed by atoms with E-state index in [2.05, 4.69) is 36.3 Å². The van der Waals surface area contributed by atoms with Crippen LogP contribution in [0.25, 0.3) is 0 Å². The number of nitrogens with zero attached hydrogens (tertiary/aromatic N) is 3. The van der Waals surface area contributed by atoms with Crippen LogP contribution in [0.5, 0.6) is 0 Å². The Morgan fingerprint density at radius 2 is 2.09 bits per heavy atom. The van der Waals surface area contributed by atoms with Gasteiger partial charge in [-0.05, 0) is 68.8 Å². The summed E-state index contributed by atoms with van der Waals surface area (Å²) in [6.07, 6.45) is 9.78. The molecule has 0 bridgehead atoms. The Bertz CT molecular complexity index is 1070. The lowest BCUT2D eigenvalue weighted by molar-refractivity contribution is -0.699. The van der Waals surface area contributed by atoms with Crippen molar-refractivity contribution in [2.24, 2.45) is 4.99 Å². The van der Waals surface area contributed by atoms with Crippen LogP contribution >= 0.6 is 11.9 Å². The highest BCUT2D eigenvalue weighted by atomic mass is 32.2. The number of aromatic nitrogens is 2. The first-order chi connectivity index (χ1) is 15.6. The van der Waals surface area contributed by atoms with E-state index in [4.69, 9.17) is 4.74 Å². The molecule has 1 saturated carbocycles. The maximum absolute atomic E-state index is 12.1. The Labute approximate surface area is 190 Å². The normalized spacial score (nSPS) is 20.0. The molecule has 0 radical (unpaired) electrons. The van der Waals surface area contributed by atoms with E-state index in [0.717, 1.165) is 64.3 Å². The highest BCUT2D eigenvalue weighted by Crippen LogP contribution is 2.27. The Morgan fingerprint density at radius 1 is 1.28 bits per heavy atom. The molecule has 3 aliphatic rings. The van der Waals surface area contributed by atoms with E-state index in [1.54, 1.807) is 11.9 Å². The van der Waals surface area contributed by atoms with E-state index in [1.165, 1.54) is 0 Å². The maximum Gasteiger partial charge on any atom is 0.411 e. The van der Waals surface area contributed by atoms with Gasteiger partial charge in [-0.1, -0.05) is 0 Å². The fraction of sp³-hybridized carbons (Fsp3) is 0.318. The lowest BCUT2D eigenvalue weighted by Gasteiger charge is -2.27. The first-order valence-corrected chi connectivity index (χ1v) is 11.5. The van der Waals surface area contributed by atoms with Crippen molar-refractivity contribution >= 4 is 35.4 Å². The zero-order valence-corrected chi connectivity index (χ0v) is 18.6. The van der Waals surface area contributed by atoms with Crippen LogP contribution in [0.3, 0.4) is 0 Å². The second-order valence-corrected chi connectivity index (χ2v) is 9.16. The van der Waals surface area contributed by atoms with Crippen LogP contribution in [0.15, 0.2) is 64.6 Å². The number of anilines is 2. The van der Waals surface area contributed by atoms with E-state index in [9.17, 15) is 4.79 Å². The number of benzene rings is 1. The molecule has 166 valence electrons. The number of aryl methyl sites for hydroxylation is 1. The largest absolute Gasteiger partial charge is 0.446 e. The molecule has 4 N–H and O–H groups in total. The molecule has 32 heavy (non-hydrogen) atoms. The third kappa shape index (κ3) is 4.81. The number of quaternary nitrogens is 1. The molecule has 5 rings (SSSR count). The number of hydrogen-bond acceptors (Lipinski definition) is 7.